The number of carbonyl (C=O) groups is 1. The van der Waals surface area contributed by atoms with Gasteiger partial charge in [0.05, 0.1) is 17.1 Å². The Balaban J connectivity index is 1.61. The highest BCUT2D eigenvalue weighted by Gasteiger charge is 2.20. The lowest BCUT2D eigenvalue weighted by Gasteiger charge is -2.12. The van der Waals surface area contributed by atoms with Crippen LogP contribution in [0.4, 0.5) is 0 Å². The van der Waals surface area contributed by atoms with Gasteiger partial charge in [0.1, 0.15) is 5.76 Å². The fourth-order valence-electron chi connectivity index (χ4n) is 2.52. The molecule has 2 aromatic heterocycles. The molecule has 1 aromatic carbocycles. The largest absolute Gasteiger partial charge is 0.469 e. The molecule has 0 saturated carbocycles. The van der Waals surface area contributed by atoms with Crippen LogP contribution in [0.2, 0.25) is 0 Å². The van der Waals surface area contributed by atoms with E-state index in [0.29, 0.717) is 11.7 Å². The van der Waals surface area contributed by atoms with E-state index in [2.05, 4.69) is 15.5 Å². The van der Waals surface area contributed by atoms with Gasteiger partial charge in [-0.15, -0.1) is 10.2 Å². The van der Waals surface area contributed by atoms with E-state index in [1.165, 1.54) is 17.3 Å². The standard InChI is InChI=1S/C19H22N4O2S/c1-12-5-7-15(8-6-12)11-20-18(24)14(3)26-19-22-21-17(23(19)4)16-9-10-25-13(16)2/h5-10,14H,11H2,1-4H3,(H,20,24)/t14-/m0/s1. The van der Waals surface area contributed by atoms with Gasteiger partial charge in [-0.3, -0.25) is 4.79 Å². The van der Waals surface area contributed by atoms with E-state index in [-0.39, 0.29) is 11.2 Å². The normalized spacial score (nSPS) is 12.2. The summed E-state index contributed by atoms with van der Waals surface area (Å²) in [5.74, 6) is 1.49. The predicted octanol–water partition coefficient (Wildman–Crippen LogP) is 3.49. The van der Waals surface area contributed by atoms with Crippen LogP contribution in [0.25, 0.3) is 11.4 Å². The molecule has 3 rings (SSSR count). The lowest BCUT2D eigenvalue weighted by molar-refractivity contribution is -0.120. The van der Waals surface area contributed by atoms with E-state index in [1.54, 1.807) is 6.26 Å². The van der Waals surface area contributed by atoms with Gasteiger partial charge >= 0.3 is 0 Å². The van der Waals surface area contributed by atoms with Crippen molar-refractivity contribution in [2.45, 2.75) is 37.7 Å². The molecule has 2 heterocycles. The second-order valence-electron chi connectivity index (χ2n) is 6.22. The minimum absolute atomic E-state index is 0.0281. The highest BCUT2D eigenvalue weighted by Crippen LogP contribution is 2.27. The van der Waals surface area contributed by atoms with Gasteiger partial charge in [-0.2, -0.15) is 0 Å². The lowest BCUT2D eigenvalue weighted by Crippen LogP contribution is -2.30. The zero-order valence-electron chi connectivity index (χ0n) is 15.3. The molecular weight excluding hydrogens is 348 g/mol. The number of carbonyl (C=O) groups excluding carboxylic acids is 1. The molecule has 0 bridgehead atoms. The first-order valence-corrected chi connectivity index (χ1v) is 9.27. The molecule has 0 fully saturated rings. The summed E-state index contributed by atoms with van der Waals surface area (Å²) in [6.45, 7) is 6.31. The second-order valence-corrected chi connectivity index (χ2v) is 7.53. The molecule has 0 spiro atoms. The molecule has 1 N–H and O–H groups in total. The van der Waals surface area contributed by atoms with Gasteiger partial charge < -0.3 is 14.3 Å². The van der Waals surface area contributed by atoms with Crippen molar-refractivity contribution in [1.82, 2.24) is 20.1 Å². The lowest BCUT2D eigenvalue weighted by atomic mass is 10.1. The van der Waals surface area contributed by atoms with E-state index in [0.717, 1.165) is 22.7 Å². The van der Waals surface area contributed by atoms with Crippen molar-refractivity contribution in [3.8, 4) is 11.4 Å². The van der Waals surface area contributed by atoms with Crippen LogP contribution in [0.5, 0.6) is 0 Å². The number of aromatic nitrogens is 3. The van der Waals surface area contributed by atoms with Crippen molar-refractivity contribution < 1.29 is 9.21 Å². The van der Waals surface area contributed by atoms with Gasteiger partial charge in [0, 0.05) is 13.6 Å². The first-order chi connectivity index (χ1) is 12.5. The summed E-state index contributed by atoms with van der Waals surface area (Å²) < 4.78 is 7.21. The Morgan fingerprint density at radius 2 is 1.96 bits per heavy atom. The molecule has 1 atom stereocenters. The molecular formula is C19H22N4O2S. The quantitative estimate of drug-likeness (QED) is 0.673. The summed E-state index contributed by atoms with van der Waals surface area (Å²) in [5.41, 5.74) is 3.19. The third-order valence-corrected chi connectivity index (χ3v) is 5.31. The van der Waals surface area contributed by atoms with Gasteiger partial charge in [-0.1, -0.05) is 41.6 Å². The highest BCUT2D eigenvalue weighted by atomic mass is 32.2. The molecule has 0 aliphatic rings. The Morgan fingerprint density at radius 1 is 1.23 bits per heavy atom. The number of furan rings is 1. The number of amides is 1. The minimum atomic E-state index is -0.276. The Morgan fingerprint density at radius 3 is 2.62 bits per heavy atom. The fraction of sp³-hybridized carbons (Fsp3) is 0.316. The van der Waals surface area contributed by atoms with Crippen molar-refractivity contribution >= 4 is 17.7 Å². The molecule has 3 aromatic rings. The summed E-state index contributed by atoms with van der Waals surface area (Å²) >= 11 is 1.39. The summed E-state index contributed by atoms with van der Waals surface area (Å²) in [6, 6.07) is 9.99. The number of aryl methyl sites for hydroxylation is 2. The van der Waals surface area contributed by atoms with Gasteiger partial charge in [-0.25, -0.2) is 0 Å². The molecule has 6 nitrogen and oxygen atoms in total. The zero-order valence-corrected chi connectivity index (χ0v) is 16.1. The van der Waals surface area contributed by atoms with Crippen molar-refractivity contribution in [2.24, 2.45) is 7.05 Å². The summed E-state index contributed by atoms with van der Waals surface area (Å²) in [4.78, 5) is 12.4. The number of rotatable bonds is 6. The Hall–Kier alpha value is -2.54. The van der Waals surface area contributed by atoms with Crippen LogP contribution in [0.3, 0.4) is 0 Å². The van der Waals surface area contributed by atoms with Crippen LogP contribution in [-0.2, 0) is 18.4 Å². The topological polar surface area (TPSA) is 73.0 Å². The van der Waals surface area contributed by atoms with Crippen LogP contribution >= 0.6 is 11.8 Å². The van der Waals surface area contributed by atoms with E-state index >= 15 is 0 Å². The number of hydrogen-bond donors (Lipinski definition) is 1. The van der Waals surface area contributed by atoms with E-state index < -0.39 is 0 Å². The average molecular weight is 370 g/mol. The second kappa shape index (κ2) is 7.78. The number of hydrogen-bond acceptors (Lipinski definition) is 5. The molecule has 1 amide bonds. The summed E-state index contributed by atoms with van der Waals surface area (Å²) in [7, 11) is 1.89. The van der Waals surface area contributed by atoms with Crippen molar-refractivity contribution in [2.75, 3.05) is 0 Å². The zero-order chi connectivity index (χ0) is 18.7. The number of nitrogens with one attached hydrogen (secondary N) is 1. The number of thioether (sulfide) groups is 1. The maximum absolute atomic E-state index is 12.4. The van der Waals surface area contributed by atoms with E-state index in [9.17, 15) is 4.79 Å². The smallest absolute Gasteiger partial charge is 0.233 e. The van der Waals surface area contributed by atoms with E-state index in [1.807, 2.05) is 62.7 Å². The maximum Gasteiger partial charge on any atom is 0.233 e. The van der Waals surface area contributed by atoms with Crippen LogP contribution < -0.4 is 5.32 Å². The molecule has 0 aliphatic heterocycles. The monoisotopic (exact) mass is 370 g/mol. The van der Waals surface area contributed by atoms with Crippen LogP contribution in [0, 0.1) is 13.8 Å². The average Bonchev–Trinajstić information content (AvgIpc) is 3.20. The Bertz CT molecular complexity index is 899. The SMILES string of the molecule is Cc1ccc(CNC(=O)[C@H](C)Sc2nnc(-c3ccoc3C)n2C)cc1. The Labute approximate surface area is 157 Å². The molecule has 7 heteroatoms. The highest BCUT2D eigenvalue weighted by molar-refractivity contribution is 8.00. The molecule has 26 heavy (non-hydrogen) atoms. The summed E-state index contributed by atoms with van der Waals surface area (Å²) in [5, 5.41) is 11.8. The van der Waals surface area contributed by atoms with Crippen molar-refractivity contribution in [3.63, 3.8) is 0 Å². The maximum atomic E-state index is 12.4. The first-order valence-electron chi connectivity index (χ1n) is 8.39. The number of nitrogens with zero attached hydrogens (tertiary/aromatic N) is 3. The summed E-state index contributed by atoms with van der Waals surface area (Å²) in [6.07, 6.45) is 1.63. The van der Waals surface area contributed by atoms with E-state index in [4.69, 9.17) is 4.42 Å². The fourth-order valence-corrected chi connectivity index (χ4v) is 3.36. The third-order valence-electron chi connectivity index (χ3n) is 4.17. The van der Waals surface area contributed by atoms with Crippen molar-refractivity contribution in [3.05, 3.63) is 53.5 Å². The van der Waals surface area contributed by atoms with Gasteiger partial charge in [0.25, 0.3) is 0 Å². The van der Waals surface area contributed by atoms with Crippen LogP contribution in [0.15, 0.2) is 46.2 Å². The van der Waals surface area contributed by atoms with Gasteiger partial charge in [0.15, 0.2) is 11.0 Å². The number of benzene rings is 1. The molecule has 136 valence electrons. The third kappa shape index (κ3) is 3.99. The molecule has 0 radical (unpaired) electrons. The van der Waals surface area contributed by atoms with Crippen LogP contribution in [-0.4, -0.2) is 25.9 Å². The van der Waals surface area contributed by atoms with Crippen molar-refractivity contribution in [1.29, 1.82) is 0 Å². The first kappa shape index (κ1) is 18.3. The molecule has 0 saturated heterocycles. The molecule has 0 unspecified atom stereocenters. The Kier molecular flexibility index (Phi) is 5.46. The van der Waals surface area contributed by atoms with Gasteiger partial charge in [-0.05, 0) is 32.4 Å². The van der Waals surface area contributed by atoms with Gasteiger partial charge in [0.2, 0.25) is 5.91 Å². The molecule has 0 aliphatic carbocycles. The van der Waals surface area contributed by atoms with Crippen LogP contribution in [0.1, 0.15) is 23.8 Å². The predicted molar refractivity (Wildman–Crippen MR) is 102 cm³/mol. The minimum Gasteiger partial charge on any atom is -0.469 e.